The number of rotatable bonds is 9. The van der Waals surface area contributed by atoms with Gasteiger partial charge in [-0.05, 0) is 82.3 Å². The summed E-state index contributed by atoms with van der Waals surface area (Å²) in [5, 5.41) is 19.0. The van der Waals surface area contributed by atoms with E-state index in [1.54, 1.807) is 60.7 Å². The molecule has 0 fully saturated rings. The fourth-order valence-electron chi connectivity index (χ4n) is 5.86. The minimum absolute atomic E-state index is 0.111. The van der Waals surface area contributed by atoms with Crippen LogP contribution in [0.5, 0.6) is 0 Å². The van der Waals surface area contributed by atoms with Crippen molar-refractivity contribution in [2.24, 2.45) is 20.5 Å². The van der Waals surface area contributed by atoms with Gasteiger partial charge in [0.1, 0.15) is 21.2 Å². The summed E-state index contributed by atoms with van der Waals surface area (Å²) in [5.74, 6) is 0. The standard InChI is InChI=1S/C36H32N6O6S2/c1-3-21-17-23(13-15-29(21)39-41-31-19-25-9-5-7-11-27(25)35(33(31)37)49(43,44)45)24-14-16-30(22(4-2)18-24)40-42-32-20-26-10-6-8-12-28(26)36(34(32)38)50(46,47)48/h5-20H,3-4,37-38H2,1-2H3,(H,43,44,45)(H,46,47,48). The fraction of sp³-hybridized carbons (Fsp3) is 0.111. The van der Waals surface area contributed by atoms with Gasteiger partial charge in [-0.2, -0.15) is 27.1 Å². The molecule has 14 heteroatoms. The summed E-state index contributed by atoms with van der Waals surface area (Å²) in [7, 11) is -9.27. The molecule has 0 radical (unpaired) electrons. The maximum atomic E-state index is 12.2. The Morgan fingerprint density at radius 3 is 1.24 bits per heavy atom. The summed E-state index contributed by atoms with van der Waals surface area (Å²) in [6.07, 6.45) is 1.24. The largest absolute Gasteiger partial charge is 0.396 e. The number of benzene rings is 6. The first-order valence-electron chi connectivity index (χ1n) is 15.5. The minimum atomic E-state index is -4.63. The molecule has 0 unspecified atom stereocenters. The van der Waals surface area contributed by atoms with Gasteiger partial charge in [-0.15, -0.1) is 10.2 Å². The Labute approximate surface area is 288 Å². The molecule has 6 rings (SSSR count). The van der Waals surface area contributed by atoms with Crippen LogP contribution in [0.15, 0.2) is 127 Å². The Morgan fingerprint density at radius 2 is 0.880 bits per heavy atom. The SMILES string of the molecule is CCc1cc(-c2ccc(N=Nc3cc4ccccc4c(S(=O)(=O)O)c3N)c(CC)c2)ccc1N=Nc1cc2ccccc2c(S(=O)(=O)O)c1N. The lowest BCUT2D eigenvalue weighted by molar-refractivity contribution is 0.482. The molecule has 12 nitrogen and oxygen atoms in total. The van der Waals surface area contributed by atoms with Crippen molar-refractivity contribution in [3.05, 3.63) is 108 Å². The van der Waals surface area contributed by atoms with Crippen LogP contribution in [0.1, 0.15) is 25.0 Å². The van der Waals surface area contributed by atoms with E-state index in [2.05, 4.69) is 20.5 Å². The summed E-state index contributed by atoms with van der Waals surface area (Å²) >= 11 is 0. The van der Waals surface area contributed by atoms with E-state index in [1.807, 2.05) is 50.2 Å². The fourth-order valence-corrected chi connectivity index (χ4v) is 7.55. The number of anilines is 2. The van der Waals surface area contributed by atoms with Crippen LogP contribution in [0.4, 0.5) is 34.1 Å². The third kappa shape index (κ3) is 6.69. The molecule has 0 bridgehead atoms. The molecule has 6 aromatic rings. The zero-order valence-corrected chi connectivity index (χ0v) is 28.6. The van der Waals surface area contributed by atoms with Crippen molar-refractivity contribution in [3.8, 4) is 11.1 Å². The van der Waals surface area contributed by atoms with E-state index in [-0.39, 0.29) is 33.5 Å². The van der Waals surface area contributed by atoms with Crippen LogP contribution in [-0.2, 0) is 33.1 Å². The number of nitrogens with zero attached hydrogens (tertiary/aromatic N) is 4. The minimum Gasteiger partial charge on any atom is -0.396 e. The van der Waals surface area contributed by atoms with Gasteiger partial charge in [0, 0.05) is 10.8 Å². The van der Waals surface area contributed by atoms with E-state index in [0.29, 0.717) is 35.0 Å². The molecule has 0 aromatic heterocycles. The monoisotopic (exact) mass is 708 g/mol. The summed E-state index contributed by atoms with van der Waals surface area (Å²) in [5.41, 5.74) is 16.9. The number of hydrogen-bond acceptors (Lipinski definition) is 10. The van der Waals surface area contributed by atoms with Crippen molar-refractivity contribution >= 4 is 75.9 Å². The lowest BCUT2D eigenvalue weighted by Crippen LogP contribution is -2.04. The molecule has 0 amide bonds. The smallest absolute Gasteiger partial charge is 0.297 e. The molecule has 254 valence electrons. The van der Waals surface area contributed by atoms with E-state index in [0.717, 1.165) is 22.3 Å². The molecule has 0 heterocycles. The quantitative estimate of drug-likeness (QED) is 0.0644. The Balaban J connectivity index is 1.32. The van der Waals surface area contributed by atoms with Gasteiger partial charge in [-0.25, -0.2) is 0 Å². The van der Waals surface area contributed by atoms with E-state index in [4.69, 9.17) is 11.5 Å². The first-order chi connectivity index (χ1) is 23.8. The molecular formula is C36H32N6O6S2. The molecule has 0 atom stereocenters. The maximum Gasteiger partial charge on any atom is 0.297 e. The van der Waals surface area contributed by atoms with Gasteiger partial charge < -0.3 is 11.5 Å². The summed E-state index contributed by atoms with van der Waals surface area (Å²) in [4.78, 5) is -0.817. The average Bonchev–Trinajstić information content (AvgIpc) is 3.08. The van der Waals surface area contributed by atoms with Gasteiger partial charge in [0.05, 0.1) is 22.7 Å². The van der Waals surface area contributed by atoms with Crippen molar-refractivity contribution in [1.82, 2.24) is 0 Å². The van der Waals surface area contributed by atoms with Crippen molar-refractivity contribution in [1.29, 1.82) is 0 Å². The van der Waals surface area contributed by atoms with Crippen molar-refractivity contribution in [2.45, 2.75) is 36.5 Å². The second-order valence-electron chi connectivity index (χ2n) is 11.5. The molecular weight excluding hydrogens is 677 g/mol. The number of aryl methyl sites for hydroxylation is 2. The van der Waals surface area contributed by atoms with E-state index < -0.39 is 30.0 Å². The van der Waals surface area contributed by atoms with Crippen LogP contribution < -0.4 is 11.5 Å². The highest BCUT2D eigenvalue weighted by Gasteiger charge is 2.22. The molecule has 0 aliphatic carbocycles. The van der Waals surface area contributed by atoms with Crippen LogP contribution >= 0.6 is 0 Å². The van der Waals surface area contributed by atoms with Crippen LogP contribution in [0.3, 0.4) is 0 Å². The van der Waals surface area contributed by atoms with Gasteiger partial charge >= 0.3 is 0 Å². The highest BCUT2D eigenvalue weighted by atomic mass is 32.2. The maximum absolute atomic E-state index is 12.2. The summed E-state index contributed by atoms with van der Waals surface area (Å²) in [6.45, 7) is 3.96. The number of nitrogen functional groups attached to an aromatic ring is 2. The lowest BCUT2D eigenvalue weighted by Gasteiger charge is -2.11. The highest BCUT2D eigenvalue weighted by molar-refractivity contribution is 7.86. The van der Waals surface area contributed by atoms with Crippen LogP contribution in [0, 0.1) is 0 Å². The lowest BCUT2D eigenvalue weighted by atomic mass is 9.98. The molecule has 0 aliphatic heterocycles. The summed E-state index contributed by atoms with van der Waals surface area (Å²) < 4.78 is 68.6. The molecule has 0 saturated heterocycles. The Hall–Kier alpha value is -5.54. The molecule has 50 heavy (non-hydrogen) atoms. The number of azo groups is 2. The summed E-state index contributed by atoms with van der Waals surface area (Å²) in [6, 6.07) is 27.9. The van der Waals surface area contributed by atoms with Gasteiger partial charge in [-0.1, -0.05) is 74.5 Å². The third-order valence-corrected chi connectivity index (χ3v) is 10.2. The normalized spacial score (nSPS) is 12.5. The van der Waals surface area contributed by atoms with Crippen molar-refractivity contribution < 1.29 is 25.9 Å². The van der Waals surface area contributed by atoms with Crippen molar-refractivity contribution in [2.75, 3.05) is 11.5 Å². The second kappa shape index (κ2) is 13.4. The van der Waals surface area contributed by atoms with E-state index >= 15 is 0 Å². The highest BCUT2D eigenvalue weighted by Crippen LogP contribution is 2.40. The molecule has 0 saturated carbocycles. The van der Waals surface area contributed by atoms with E-state index in [1.165, 1.54) is 0 Å². The number of nitrogens with two attached hydrogens (primary N) is 2. The average molecular weight is 709 g/mol. The van der Waals surface area contributed by atoms with Crippen molar-refractivity contribution in [3.63, 3.8) is 0 Å². The first kappa shape index (κ1) is 34.3. The predicted molar refractivity (Wildman–Crippen MR) is 195 cm³/mol. The van der Waals surface area contributed by atoms with Gasteiger partial charge in [-0.3, -0.25) is 9.11 Å². The van der Waals surface area contributed by atoms with Gasteiger partial charge in [0.2, 0.25) is 0 Å². The van der Waals surface area contributed by atoms with Crippen LogP contribution in [-0.4, -0.2) is 25.9 Å². The Bertz CT molecular complexity index is 2420. The van der Waals surface area contributed by atoms with Gasteiger partial charge in [0.25, 0.3) is 20.2 Å². The first-order valence-corrected chi connectivity index (χ1v) is 18.3. The Morgan fingerprint density at radius 1 is 0.520 bits per heavy atom. The Kier molecular flexibility index (Phi) is 9.20. The molecule has 6 aromatic carbocycles. The zero-order chi connectivity index (χ0) is 35.8. The van der Waals surface area contributed by atoms with Crippen LogP contribution in [0.2, 0.25) is 0 Å². The number of fused-ring (bicyclic) bond motifs is 2. The topological polar surface area (TPSA) is 210 Å². The molecule has 0 aliphatic rings. The number of hydrogen-bond donors (Lipinski definition) is 4. The molecule has 0 spiro atoms. The zero-order valence-electron chi connectivity index (χ0n) is 26.9. The second-order valence-corrected chi connectivity index (χ2v) is 14.2. The molecule has 6 N–H and O–H groups in total. The third-order valence-electron chi connectivity index (χ3n) is 8.34. The predicted octanol–water partition coefficient (Wildman–Crippen LogP) is 9.27. The van der Waals surface area contributed by atoms with Gasteiger partial charge in [0.15, 0.2) is 0 Å². The van der Waals surface area contributed by atoms with Crippen LogP contribution in [0.25, 0.3) is 32.7 Å². The van der Waals surface area contributed by atoms with E-state index in [9.17, 15) is 25.9 Å².